The van der Waals surface area contributed by atoms with E-state index in [4.69, 9.17) is 21.1 Å². The Kier molecular flexibility index (Phi) is 5.05. The van der Waals surface area contributed by atoms with E-state index in [0.717, 1.165) is 12.8 Å². The van der Waals surface area contributed by atoms with Crippen molar-refractivity contribution in [3.8, 4) is 11.6 Å². The predicted molar refractivity (Wildman–Crippen MR) is 84.9 cm³/mol. The number of nitrogens with one attached hydrogen (secondary N) is 1. The molecule has 3 rings (SSSR count). The van der Waals surface area contributed by atoms with Crippen LogP contribution in [0.1, 0.15) is 23.3 Å². The minimum Gasteiger partial charge on any atom is -0.438 e. The van der Waals surface area contributed by atoms with Gasteiger partial charge in [-0.1, -0.05) is 11.6 Å². The van der Waals surface area contributed by atoms with E-state index in [0.29, 0.717) is 29.9 Å². The van der Waals surface area contributed by atoms with Crippen molar-refractivity contribution in [2.24, 2.45) is 0 Å². The Morgan fingerprint density at radius 3 is 2.52 bits per heavy atom. The SMILES string of the molecule is O=C(NC1CCOCC1)c1ccc(Oc2ccc(Cl)cc2)nn1. The number of benzene rings is 1. The van der Waals surface area contributed by atoms with E-state index < -0.39 is 0 Å². The van der Waals surface area contributed by atoms with E-state index in [2.05, 4.69) is 15.5 Å². The second-order valence-corrected chi connectivity index (χ2v) is 5.61. The number of aromatic nitrogens is 2. The van der Waals surface area contributed by atoms with Crippen LogP contribution in [0, 0.1) is 0 Å². The number of carbonyl (C=O) groups is 1. The molecule has 0 radical (unpaired) electrons. The summed E-state index contributed by atoms with van der Waals surface area (Å²) >= 11 is 5.81. The Hall–Kier alpha value is -2.18. The highest BCUT2D eigenvalue weighted by atomic mass is 35.5. The fourth-order valence-corrected chi connectivity index (χ4v) is 2.35. The Morgan fingerprint density at radius 2 is 1.87 bits per heavy atom. The number of halogens is 1. The molecule has 1 fully saturated rings. The van der Waals surface area contributed by atoms with Gasteiger partial charge >= 0.3 is 0 Å². The van der Waals surface area contributed by atoms with Gasteiger partial charge in [-0.05, 0) is 43.2 Å². The Bertz CT molecular complexity index is 655. The summed E-state index contributed by atoms with van der Waals surface area (Å²) in [6.07, 6.45) is 1.63. The molecule has 0 saturated carbocycles. The van der Waals surface area contributed by atoms with Gasteiger partial charge in [0.2, 0.25) is 5.88 Å². The summed E-state index contributed by atoms with van der Waals surface area (Å²) in [4.78, 5) is 12.1. The molecule has 1 aliphatic rings. The number of amides is 1. The van der Waals surface area contributed by atoms with E-state index in [1.807, 2.05) is 0 Å². The number of carbonyl (C=O) groups excluding carboxylic acids is 1. The topological polar surface area (TPSA) is 73.3 Å². The summed E-state index contributed by atoms with van der Waals surface area (Å²) in [7, 11) is 0. The molecule has 1 aromatic heterocycles. The average Bonchev–Trinajstić information content (AvgIpc) is 2.58. The zero-order valence-electron chi connectivity index (χ0n) is 12.4. The Labute approximate surface area is 138 Å². The van der Waals surface area contributed by atoms with Gasteiger partial charge in [-0.3, -0.25) is 4.79 Å². The first-order chi connectivity index (χ1) is 11.2. The fraction of sp³-hybridized carbons (Fsp3) is 0.312. The quantitative estimate of drug-likeness (QED) is 0.931. The van der Waals surface area contributed by atoms with E-state index in [-0.39, 0.29) is 17.6 Å². The first-order valence-corrected chi connectivity index (χ1v) is 7.74. The molecule has 0 unspecified atom stereocenters. The molecule has 7 heteroatoms. The summed E-state index contributed by atoms with van der Waals surface area (Å²) in [5.41, 5.74) is 0.264. The lowest BCUT2D eigenvalue weighted by Gasteiger charge is -2.22. The molecule has 6 nitrogen and oxygen atoms in total. The van der Waals surface area contributed by atoms with Crippen LogP contribution in [0.15, 0.2) is 36.4 Å². The first-order valence-electron chi connectivity index (χ1n) is 7.36. The molecule has 120 valence electrons. The second kappa shape index (κ2) is 7.39. The molecule has 1 saturated heterocycles. The smallest absolute Gasteiger partial charge is 0.272 e. The van der Waals surface area contributed by atoms with Crippen molar-refractivity contribution in [3.05, 3.63) is 47.1 Å². The maximum absolute atomic E-state index is 12.1. The molecular weight excluding hydrogens is 318 g/mol. The van der Waals surface area contributed by atoms with Crippen LogP contribution in [-0.4, -0.2) is 35.4 Å². The van der Waals surface area contributed by atoms with Crippen molar-refractivity contribution in [1.29, 1.82) is 0 Å². The Balaban J connectivity index is 1.59. The maximum atomic E-state index is 12.1. The third kappa shape index (κ3) is 4.40. The minimum atomic E-state index is -0.234. The largest absolute Gasteiger partial charge is 0.438 e. The molecule has 2 heterocycles. The van der Waals surface area contributed by atoms with Gasteiger partial charge in [-0.2, -0.15) is 0 Å². The van der Waals surface area contributed by atoms with Crippen molar-refractivity contribution in [2.45, 2.75) is 18.9 Å². The van der Waals surface area contributed by atoms with E-state index in [1.165, 1.54) is 0 Å². The van der Waals surface area contributed by atoms with Gasteiger partial charge in [0.05, 0.1) is 0 Å². The molecule has 0 bridgehead atoms. The molecule has 1 N–H and O–H groups in total. The molecule has 1 aromatic carbocycles. The lowest BCUT2D eigenvalue weighted by Crippen LogP contribution is -2.39. The van der Waals surface area contributed by atoms with Crippen molar-refractivity contribution >= 4 is 17.5 Å². The van der Waals surface area contributed by atoms with Gasteiger partial charge in [0.25, 0.3) is 5.91 Å². The average molecular weight is 334 g/mol. The van der Waals surface area contributed by atoms with Crippen molar-refractivity contribution < 1.29 is 14.3 Å². The van der Waals surface area contributed by atoms with Gasteiger partial charge < -0.3 is 14.8 Å². The van der Waals surface area contributed by atoms with Crippen LogP contribution in [0.5, 0.6) is 11.6 Å². The first kappa shape index (κ1) is 15.7. The van der Waals surface area contributed by atoms with E-state index in [1.54, 1.807) is 36.4 Å². The molecule has 1 aliphatic heterocycles. The van der Waals surface area contributed by atoms with Crippen molar-refractivity contribution in [3.63, 3.8) is 0 Å². The van der Waals surface area contributed by atoms with Crippen molar-refractivity contribution in [2.75, 3.05) is 13.2 Å². The number of nitrogens with zero attached hydrogens (tertiary/aromatic N) is 2. The summed E-state index contributed by atoms with van der Waals surface area (Å²) in [6, 6.07) is 10.2. The zero-order chi connectivity index (χ0) is 16.1. The Morgan fingerprint density at radius 1 is 1.13 bits per heavy atom. The van der Waals surface area contributed by atoms with Crippen LogP contribution in [0.2, 0.25) is 5.02 Å². The van der Waals surface area contributed by atoms with Gasteiger partial charge in [-0.15, -0.1) is 10.2 Å². The van der Waals surface area contributed by atoms with Crippen LogP contribution in [-0.2, 0) is 4.74 Å². The lowest BCUT2D eigenvalue weighted by molar-refractivity contribution is 0.0693. The van der Waals surface area contributed by atoms with Gasteiger partial charge in [0.15, 0.2) is 5.69 Å². The van der Waals surface area contributed by atoms with Crippen LogP contribution in [0.4, 0.5) is 0 Å². The summed E-state index contributed by atoms with van der Waals surface area (Å²) < 4.78 is 10.8. The molecule has 0 atom stereocenters. The highest BCUT2D eigenvalue weighted by Gasteiger charge is 2.18. The molecule has 0 aliphatic carbocycles. The van der Waals surface area contributed by atoms with E-state index >= 15 is 0 Å². The predicted octanol–water partition coefficient (Wildman–Crippen LogP) is 2.83. The summed E-state index contributed by atoms with van der Waals surface area (Å²) in [6.45, 7) is 1.34. The molecule has 1 amide bonds. The fourth-order valence-electron chi connectivity index (χ4n) is 2.22. The summed E-state index contributed by atoms with van der Waals surface area (Å²) in [5, 5.41) is 11.4. The van der Waals surface area contributed by atoms with Gasteiger partial charge in [0, 0.05) is 30.3 Å². The molecular formula is C16H16ClN3O3. The second-order valence-electron chi connectivity index (χ2n) is 5.17. The zero-order valence-corrected chi connectivity index (χ0v) is 13.1. The molecule has 0 spiro atoms. The van der Waals surface area contributed by atoms with Crippen molar-refractivity contribution in [1.82, 2.24) is 15.5 Å². The van der Waals surface area contributed by atoms with Crippen LogP contribution < -0.4 is 10.1 Å². The highest BCUT2D eigenvalue weighted by Crippen LogP contribution is 2.21. The minimum absolute atomic E-state index is 0.128. The van der Waals surface area contributed by atoms with Crippen LogP contribution in [0.3, 0.4) is 0 Å². The lowest BCUT2D eigenvalue weighted by atomic mass is 10.1. The third-order valence-electron chi connectivity index (χ3n) is 3.47. The maximum Gasteiger partial charge on any atom is 0.272 e. The molecule has 2 aromatic rings. The monoisotopic (exact) mass is 333 g/mol. The standard InChI is InChI=1S/C16H16ClN3O3/c17-11-1-3-13(4-2-11)23-15-6-5-14(19-20-15)16(21)18-12-7-9-22-10-8-12/h1-6,12H,7-10H2,(H,18,21). The highest BCUT2D eigenvalue weighted by molar-refractivity contribution is 6.30. The van der Waals surface area contributed by atoms with Gasteiger partial charge in [-0.25, -0.2) is 0 Å². The number of hydrogen-bond acceptors (Lipinski definition) is 5. The van der Waals surface area contributed by atoms with Gasteiger partial charge in [0.1, 0.15) is 5.75 Å². The van der Waals surface area contributed by atoms with Crippen LogP contribution >= 0.6 is 11.6 Å². The normalized spacial score (nSPS) is 15.2. The van der Waals surface area contributed by atoms with Crippen LogP contribution in [0.25, 0.3) is 0 Å². The van der Waals surface area contributed by atoms with E-state index in [9.17, 15) is 4.79 Å². The number of rotatable bonds is 4. The molecule has 23 heavy (non-hydrogen) atoms. The number of hydrogen-bond donors (Lipinski definition) is 1. The third-order valence-corrected chi connectivity index (χ3v) is 3.72. The summed E-state index contributed by atoms with van der Waals surface area (Å²) in [5.74, 6) is 0.681. The number of ether oxygens (including phenoxy) is 2.